The Kier molecular flexibility index (Phi) is 4.47. The SMILES string of the molecule is O=C(C1CCCCC1)N(c1ccccc1)c1cccc2cccnc12. The van der Waals surface area contributed by atoms with Crippen molar-refractivity contribution >= 4 is 28.2 Å². The average Bonchev–Trinajstić information content (AvgIpc) is 2.70. The van der Waals surface area contributed by atoms with Crippen LogP contribution in [0.2, 0.25) is 0 Å². The molecule has 1 aliphatic carbocycles. The predicted molar refractivity (Wildman–Crippen MR) is 102 cm³/mol. The van der Waals surface area contributed by atoms with E-state index < -0.39 is 0 Å². The number of anilines is 2. The first-order chi connectivity index (χ1) is 12.3. The van der Waals surface area contributed by atoms with Gasteiger partial charge in [-0.1, -0.05) is 55.7 Å². The molecule has 0 radical (unpaired) electrons. The highest BCUT2D eigenvalue weighted by Crippen LogP contribution is 2.35. The Morgan fingerprint density at radius 1 is 0.880 bits per heavy atom. The van der Waals surface area contributed by atoms with Crippen molar-refractivity contribution in [1.29, 1.82) is 0 Å². The lowest BCUT2D eigenvalue weighted by Crippen LogP contribution is -2.33. The van der Waals surface area contributed by atoms with Crippen LogP contribution in [0.15, 0.2) is 66.9 Å². The zero-order valence-electron chi connectivity index (χ0n) is 14.3. The summed E-state index contributed by atoms with van der Waals surface area (Å²) < 4.78 is 0. The van der Waals surface area contributed by atoms with Gasteiger partial charge >= 0.3 is 0 Å². The van der Waals surface area contributed by atoms with Crippen LogP contribution in [0.3, 0.4) is 0 Å². The smallest absolute Gasteiger partial charge is 0.234 e. The molecule has 1 saturated carbocycles. The summed E-state index contributed by atoms with van der Waals surface area (Å²) in [4.78, 5) is 19.9. The summed E-state index contributed by atoms with van der Waals surface area (Å²) in [6, 6.07) is 20.0. The number of rotatable bonds is 3. The molecule has 4 rings (SSSR count). The van der Waals surface area contributed by atoms with E-state index in [2.05, 4.69) is 4.98 Å². The Labute approximate surface area is 148 Å². The summed E-state index contributed by atoms with van der Waals surface area (Å²) in [5.41, 5.74) is 2.66. The standard InChI is InChI=1S/C22H22N2O/c25-22(18-9-3-1-4-10-18)24(19-13-5-2-6-14-19)20-15-7-11-17-12-8-16-23-21(17)20/h2,5-8,11-16,18H,1,3-4,9-10H2. The zero-order chi connectivity index (χ0) is 17.1. The van der Waals surface area contributed by atoms with Gasteiger partial charge in [0.25, 0.3) is 0 Å². The van der Waals surface area contributed by atoms with Gasteiger partial charge in [0.15, 0.2) is 0 Å². The van der Waals surface area contributed by atoms with Crippen LogP contribution in [0.1, 0.15) is 32.1 Å². The second-order valence-electron chi connectivity index (χ2n) is 6.70. The number of hydrogen-bond donors (Lipinski definition) is 0. The fraction of sp³-hybridized carbons (Fsp3) is 0.273. The van der Waals surface area contributed by atoms with Crippen molar-refractivity contribution < 1.29 is 4.79 Å². The van der Waals surface area contributed by atoms with Gasteiger partial charge in [-0.15, -0.1) is 0 Å². The van der Waals surface area contributed by atoms with Gasteiger partial charge in [-0.05, 0) is 37.1 Å². The van der Waals surface area contributed by atoms with Crippen molar-refractivity contribution in [3.05, 3.63) is 66.9 Å². The van der Waals surface area contributed by atoms with E-state index in [0.29, 0.717) is 0 Å². The lowest BCUT2D eigenvalue weighted by atomic mass is 9.88. The van der Waals surface area contributed by atoms with E-state index in [1.165, 1.54) is 6.42 Å². The molecule has 0 atom stereocenters. The normalized spacial score (nSPS) is 15.2. The van der Waals surface area contributed by atoms with E-state index in [1.807, 2.05) is 65.6 Å². The largest absolute Gasteiger partial charge is 0.279 e. The van der Waals surface area contributed by atoms with Crippen molar-refractivity contribution in [3.63, 3.8) is 0 Å². The molecule has 126 valence electrons. The molecular formula is C22H22N2O. The average molecular weight is 330 g/mol. The minimum absolute atomic E-state index is 0.105. The third-order valence-corrected chi connectivity index (χ3v) is 5.04. The molecule has 3 heteroatoms. The van der Waals surface area contributed by atoms with Crippen LogP contribution in [0.25, 0.3) is 10.9 Å². The number of carbonyl (C=O) groups excluding carboxylic acids is 1. The first-order valence-corrected chi connectivity index (χ1v) is 9.07. The maximum Gasteiger partial charge on any atom is 0.234 e. The molecule has 0 saturated heterocycles. The Balaban J connectivity index is 1.84. The van der Waals surface area contributed by atoms with Crippen LogP contribution < -0.4 is 4.90 Å². The third kappa shape index (κ3) is 3.14. The Hall–Kier alpha value is -2.68. The van der Waals surface area contributed by atoms with Crippen LogP contribution >= 0.6 is 0 Å². The molecule has 0 bridgehead atoms. The molecule has 0 N–H and O–H groups in total. The van der Waals surface area contributed by atoms with E-state index in [4.69, 9.17) is 0 Å². The van der Waals surface area contributed by atoms with E-state index in [1.54, 1.807) is 6.20 Å². The molecule has 25 heavy (non-hydrogen) atoms. The zero-order valence-corrected chi connectivity index (χ0v) is 14.3. The topological polar surface area (TPSA) is 33.2 Å². The molecular weight excluding hydrogens is 308 g/mol. The van der Waals surface area contributed by atoms with Gasteiger partial charge in [0.2, 0.25) is 5.91 Å². The Morgan fingerprint density at radius 2 is 1.64 bits per heavy atom. The quantitative estimate of drug-likeness (QED) is 0.637. The summed E-state index contributed by atoms with van der Waals surface area (Å²) in [6.45, 7) is 0. The van der Waals surface area contributed by atoms with Crippen molar-refractivity contribution in [1.82, 2.24) is 4.98 Å². The first-order valence-electron chi connectivity index (χ1n) is 9.07. The second kappa shape index (κ2) is 7.06. The van der Waals surface area contributed by atoms with Crippen LogP contribution in [0.5, 0.6) is 0 Å². The van der Waals surface area contributed by atoms with Gasteiger partial charge in [-0.3, -0.25) is 14.7 Å². The molecule has 1 aromatic heterocycles. The molecule has 1 heterocycles. The van der Waals surface area contributed by atoms with Crippen molar-refractivity contribution in [2.24, 2.45) is 5.92 Å². The molecule has 1 fully saturated rings. The summed E-state index contributed by atoms with van der Waals surface area (Å²) in [6.07, 6.45) is 7.30. The fourth-order valence-corrected chi connectivity index (χ4v) is 3.76. The highest BCUT2D eigenvalue weighted by molar-refractivity contribution is 6.07. The maximum atomic E-state index is 13.4. The van der Waals surface area contributed by atoms with E-state index >= 15 is 0 Å². The van der Waals surface area contributed by atoms with Crippen molar-refractivity contribution in [3.8, 4) is 0 Å². The highest BCUT2D eigenvalue weighted by atomic mass is 16.2. The van der Waals surface area contributed by atoms with Gasteiger partial charge in [0.1, 0.15) is 0 Å². The highest BCUT2D eigenvalue weighted by Gasteiger charge is 2.29. The summed E-state index contributed by atoms with van der Waals surface area (Å²) in [5.74, 6) is 0.303. The van der Waals surface area contributed by atoms with Gasteiger partial charge in [0.05, 0.1) is 11.2 Å². The van der Waals surface area contributed by atoms with Gasteiger partial charge in [0, 0.05) is 23.2 Å². The van der Waals surface area contributed by atoms with E-state index in [9.17, 15) is 4.79 Å². The first kappa shape index (κ1) is 15.8. The Morgan fingerprint density at radius 3 is 2.44 bits per heavy atom. The molecule has 0 aliphatic heterocycles. The van der Waals surface area contributed by atoms with Crippen LogP contribution in [0, 0.1) is 5.92 Å². The van der Waals surface area contributed by atoms with Gasteiger partial charge in [-0.2, -0.15) is 0 Å². The van der Waals surface area contributed by atoms with Gasteiger partial charge in [-0.25, -0.2) is 0 Å². The van der Waals surface area contributed by atoms with Crippen LogP contribution in [-0.4, -0.2) is 10.9 Å². The molecule has 0 unspecified atom stereocenters. The number of benzene rings is 2. The predicted octanol–water partition coefficient (Wildman–Crippen LogP) is 5.48. The Bertz CT molecular complexity index is 864. The number of hydrogen-bond acceptors (Lipinski definition) is 2. The number of amides is 1. The number of aromatic nitrogens is 1. The molecule has 1 aliphatic rings. The molecule has 1 amide bonds. The van der Waals surface area contributed by atoms with E-state index in [0.717, 1.165) is 48.0 Å². The minimum Gasteiger partial charge on any atom is -0.279 e. The van der Waals surface area contributed by atoms with Crippen LogP contribution in [-0.2, 0) is 4.79 Å². The van der Waals surface area contributed by atoms with Gasteiger partial charge < -0.3 is 0 Å². The van der Waals surface area contributed by atoms with Crippen LogP contribution in [0.4, 0.5) is 11.4 Å². The lowest BCUT2D eigenvalue weighted by Gasteiger charge is -2.30. The third-order valence-electron chi connectivity index (χ3n) is 5.04. The second-order valence-corrected chi connectivity index (χ2v) is 6.70. The maximum absolute atomic E-state index is 13.4. The van der Waals surface area contributed by atoms with E-state index in [-0.39, 0.29) is 11.8 Å². The summed E-state index contributed by atoms with van der Waals surface area (Å²) >= 11 is 0. The van der Waals surface area contributed by atoms with Crippen molar-refractivity contribution in [2.45, 2.75) is 32.1 Å². The number of para-hydroxylation sites is 2. The minimum atomic E-state index is 0.105. The molecule has 3 aromatic rings. The summed E-state index contributed by atoms with van der Waals surface area (Å²) in [7, 11) is 0. The molecule has 3 nitrogen and oxygen atoms in total. The fourth-order valence-electron chi connectivity index (χ4n) is 3.76. The number of carbonyl (C=O) groups is 1. The summed E-state index contributed by atoms with van der Waals surface area (Å²) in [5, 5.41) is 1.05. The number of nitrogens with zero attached hydrogens (tertiary/aromatic N) is 2. The number of pyridine rings is 1. The molecule has 0 spiro atoms. The monoisotopic (exact) mass is 330 g/mol. The lowest BCUT2D eigenvalue weighted by molar-refractivity contribution is -0.122. The number of fused-ring (bicyclic) bond motifs is 1. The molecule has 2 aromatic carbocycles. The van der Waals surface area contributed by atoms with Crippen molar-refractivity contribution in [2.75, 3.05) is 4.90 Å².